The summed E-state index contributed by atoms with van der Waals surface area (Å²) in [6, 6.07) is 1.81. The minimum absolute atomic E-state index is 0.0374. The minimum atomic E-state index is -0.778. The van der Waals surface area contributed by atoms with Gasteiger partial charge in [-0.05, 0) is 19.4 Å². The first-order valence-corrected chi connectivity index (χ1v) is 5.12. The molecule has 16 heavy (non-hydrogen) atoms. The quantitative estimate of drug-likeness (QED) is 0.748. The lowest BCUT2D eigenvalue weighted by atomic mass is 10.1. The molecule has 0 aliphatic heterocycles. The Morgan fingerprint density at radius 3 is 3.00 bits per heavy atom. The number of anilines is 1. The van der Waals surface area contributed by atoms with Gasteiger partial charge in [-0.3, -0.25) is 4.79 Å². The first kappa shape index (κ1) is 10.6. The Kier molecular flexibility index (Phi) is 2.85. The molecule has 1 aromatic heterocycles. The molecule has 0 radical (unpaired) electrons. The Bertz CT molecular complexity index is 431. The first-order chi connectivity index (χ1) is 7.65. The van der Waals surface area contributed by atoms with E-state index in [1.165, 1.54) is 0 Å². The summed E-state index contributed by atoms with van der Waals surface area (Å²) in [7, 11) is 0. The Balaban J connectivity index is 1.98. The molecular formula is C11H13N3O2. The fourth-order valence-corrected chi connectivity index (χ4v) is 1.72. The van der Waals surface area contributed by atoms with Gasteiger partial charge in [-0.1, -0.05) is 12.2 Å². The van der Waals surface area contributed by atoms with Crippen LogP contribution in [0.25, 0.3) is 0 Å². The summed E-state index contributed by atoms with van der Waals surface area (Å²) in [5, 5.41) is 12.0. The Morgan fingerprint density at radius 1 is 1.56 bits per heavy atom. The van der Waals surface area contributed by atoms with Gasteiger partial charge in [-0.15, -0.1) is 0 Å². The van der Waals surface area contributed by atoms with E-state index in [0.717, 1.165) is 5.82 Å². The van der Waals surface area contributed by atoms with Gasteiger partial charge in [0, 0.05) is 12.2 Å². The largest absolute Gasteiger partial charge is 0.481 e. The lowest BCUT2D eigenvalue weighted by molar-refractivity contribution is -0.140. The third kappa shape index (κ3) is 2.36. The Labute approximate surface area is 93.2 Å². The number of carboxylic acid groups (broad SMARTS) is 1. The van der Waals surface area contributed by atoms with Crippen molar-refractivity contribution in [1.29, 1.82) is 0 Å². The van der Waals surface area contributed by atoms with Gasteiger partial charge in [0.25, 0.3) is 0 Å². The van der Waals surface area contributed by atoms with Crippen LogP contribution in [0.3, 0.4) is 0 Å². The summed E-state index contributed by atoms with van der Waals surface area (Å²) in [6.07, 6.45) is 5.83. The average molecular weight is 219 g/mol. The number of aromatic nitrogens is 2. The van der Waals surface area contributed by atoms with E-state index < -0.39 is 5.97 Å². The molecule has 0 saturated heterocycles. The van der Waals surface area contributed by atoms with Crippen molar-refractivity contribution in [3.05, 3.63) is 30.2 Å². The molecule has 84 valence electrons. The van der Waals surface area contributed by atoms with Gasteiger partial charge >= 0.3 is 5.97 Å². The normalized spacial score (nSPS) is 23.3. The molecule has 2 rings (SSSR count). The van der Waals surface area contributed by atoms with Crippen LogP contribution in [0.4, 0.5) is 5.82 Å². The zero-order valence-electron chi connectivity index (χ0n) is 8.92. The number of hydrogen-bond acceptors (Lipinski definition) is 4. The van der Waals surface area contributed by atoms with E-state index in [4.69, 9.17) is 5.11 Å². The summed E-state index contributed by atoms with van der Waals surface area (Å²) in [5.41, 5.74) is 0. The molecule has 0 aromatic carbocycles. The Morgan fingerprint density at radius 2 is 2.38 bits per heavy atom. The Hall–Kier alpha value is -1.91. The number of nitrogens with one attached hydrogen (secondary N) is 1. The monoisotopic (exact) mass is 219 g/mol. The molecule has 5 heteroatoms. The van der Waals surface area contributed by atoms with Crippen LogP contribution in [0.15, 0.2) is 24.4 Å². The van der Waals surface area contributed by atoms with Crippen LogP contribution >= 0.6 is 0 Å². The molecule has 2 atom stereocenters. The summed E-state index contributed by atoms with van der Waals surface area (Å²) in [5.74, 6) is 0.259. The highest BCUT2D eigenvalue weighted by Gasteiger charge is 2.24. The predicted octanol–water partition coefficient (Wildman–Crippen LogP) is 1.23. The highest BCUT2D eigenvalue weighted by molar-refractivity contribution is 5.73. The van der Waals surface area contributed by atoms with Crippen LogP contribution in [0.2, 0.25) is 0 Å². The highest BCUT2D eigenvalue weighted by atomic mass is 16.4. The number of aryl methyl sites for hydroxylation is 1. The zero-order chi connectivity index (χ0) is 11.5. The van der Waals surface area contributed by atoms with Gasteiger partial charge in [-0.2, -0.15) is 0 Å². The van der Waals surface area contributed by atoms with Gasteiger partial charge in [0.1, 0.15) is 11.6 Å². The zero-order valence-corrected chi connectivity index (χ0v) is 8.92. The molecule has 0 amide bonds. The average Bonchev–Trinajstić information content (AvgIpc) is 2.66. The molecule has 1 heterocycles. The van der Waals surface area contributed by atoms with Crippen LogP contribution in [0, 0.1) is 12.8 Å². The standard InChI is InChI=1S/C11H13N3O2/c1-7-12-5-4-10(13-7)14-9-3-2-8(6-9)11(15)16/h2-5,8-9H,6H2,1H3,(H,15,16)(H,12,13,14)/t8-,9+/m1/s1. The summed E-state index contributed by atoms with van der Waals surface area (Å²) >= 11 is 0. The van der Waals surface area contributed by atoms with Gasteiger partial charge in [0.15, 0.2) is 0 Å². The van der Waals surface area contributed by atoms with E-state index in [0.29, 0.717) is 12.2 Å². The van der Waals surface area contributed by atoms with E-state index in [1.807, 2.05) is 13.0 Å². The molecule has 0 bridgehead atoms. The van der Waals surface area contributed by atoms with Crippen molar-refractivity contribution in [2.45, 2.75) is 19.4 Å². The molecule has 0 unspecified atom stereocenters. The summed E-state index contributed by atoms with van der Waals surface area (Å²) in [4.78, 5) is 18.9. The molecule has 0 fully saturated rings. The van der Waals surface area contributed by atoms with Crippen molar-refractivity contribution in [3.8, 4) is 0 Å². The van der Waals surface area contributed by atoms with Crippen molar-refractivity contribution in [2.75, 3.05) is 5.32 Å². The fourth-order valence-electron chi connectivity index (χ4n) is 1.72. The van der Waals surface area contributed by atoms with Gasteiger partial charge < -0.3 is 10.4 Å². The second-order valence-electron chi connectivity index (χ2n) is 3.81. The maximum atomic E-state index is 10.7. The number of aliphatic carboxylic acids is 1. The second-order valence-corrected chi connectivity index (χ2v) is 3.81. The molecule has 2 N–H and O–H groups in total. The SMILES string of the molecule is Cc1nccc(N[C@H]2C=C[C@@H](C(=O)O)C2)n1. The van der Waals surface area contributed by atoms with Crippen LogP contribution in [-0.4, -0.2) is 27.1 Å². The number of carbonyl (C=O) groups is 1. The minimum Gasteiger partial charge on any atom is -0.481 e. The maximum Gasteiger partial charge on any atom is 0.310 e. The number of rotatable bonds is 3. The van der Waals surface area contributed by atoms with E-state index in [-0.39, 0.29) is 12.0 Å². The van der Waals surface area contributed by atoms with Crippen molar-refractivity contribution in [2.24, 2.45) is 5.92 Å². The fraction of sp³-hybridized carbons (Fsp3) is 0.364. The van der Waals surface area contributed by atoms with Crippen LogP contribution < -0.4 is 5.32 Å². The van der Waals surface area contributed by atoms with E-state index in [9.17, 15) is 4.79 Å². The second kappa shape index (κ2) is 4.30. The predicted molar refractivity (Wildman–Crippen MR) is 59.1 cm³/mol. The number of carboxylic acids is 1. The topological polar surface area (TPSA) is 75.1 Å². The molecule has 1 aliphatic carbocycles. The summed E-state index contributed by atoms with van der Waals surface area (Å²) in [6.45, 7) is 1.82. The van der Waals surface area contributed by atoms with Gasteiger partial charge in [0.05, 0.1) is 5.92 Å². The van der Waals surface area contributed by atoms with E-state index in [2.05, 4.69) is 15.3 Å². The lowest BCUT2D eigenvalue weighted by Gasteiger charge is -2.12. The van der Waals surface area contributed by atoms with Crippen LogP contribution in [0.1, 0.15) is 12.2 Å². The van der Waals surface area contributed by atoms with E-state index >= 15 is 0 Å². The number of nitrogens with zero attached hydrogens (tertiary/aromatic N) is 2. The van der Waals surface area contributed by atoms with Crippen LogP contribution in [-0.2, 0) is 4.79 Å². The highest BCUT2D eigenvalue weighted by Crippen LogP contribution is 2.20. The first-order valence-electron chi connectivity index (χ1n) is 5.12. The van der Waals surface area contributed by atoms with Crippen molar-refractivity contribution < 1.29 is 9.90 Å². The van der Waals surface area contributed by atoms with Crippen molar-refractivity contribution >= 4 is 11.8 Å². The summed E-state index contributed by atoms with van der Waals surface area (Å²) < 4.78 is 0. The van der Waals surface area contributed by atoms with Crippen molar-refractivity contribution in [1.82, 2.24) is 9.97 Å². The molecule has 0 spiro atoms. The van der Waals surface area contributed by atoms with Gasteiger partial charge in [0.2, 0.25) is 0 Å². The van der Waals surface area contributed by atoms with Crippen LogP contribution in [0.5, 0.6) is 0 Å². The third-order valence-electron chi connectivity index (χ3n) is 2.51. The maximum absolute atomic E-state index is 10.7. The lowest BCUT2D eigenvalue weighted by Crippen LogP contribution is -2.19. The number of hydrogen-bond donors (Lipinski definition) is 2. The molecule has 0 saturated carbocycles. The molecule has 1 aliphatic rings. The molecule has 1 aromatic rings. The van der Waals surface area contributed by atoms with Crippen molar-refractivity contribution in [3.63, 3.8) is 0 Å². The smallest absolute Gasteiger partial charge is 0.310 e. The van der Waals surface area contributed by atoms with E-state index in [1.54, 1.807) is 18.3 Å². The third-order valence-corrected chi connectivity index (χ3v) is 2.51. The molecule has 5 nitrogen and oxygen atoms in total. The van der Waals surface area contributed by atoms with Gasteiger partial charge in [-0.25, -0.2) is 9.97 Å². The molecular weight excluding hydrogens is 206 g/mol.